The number of nitrogens with zero attached hydrogens (tertiary/aromatic N) is 1. The number of primary amides is 1. The van der Waals surface area contributed by atoms with Crippen LogP contribution in [0.1, 0.15) is 58.8 Å². The van der Waals surface area contributed by atoms with Crippen LogP contribution in [-0.4, -0.2) is 36.5 Å². The van der Waals surface area contributed by atoms with Crippen molar-refractivity contribution in [2.75, 3.05) is 19.6 Å². The van der Waals surface area contributed by atoms with Gasteiger partial charge in [-0.05, 0) is 44.2 Å². The third kappa shape index (κ3) is 6.39. The molecule has 0 bridgehead atoms. The van der Waals surface area contributed by atoms with Gasteiger partial charge in [0.15, 0.2) is 0 Å². The highest BCUT2D eigenvalue weighted by Crippen LogP contribution is 2.25. The molecule has 4 nitrogen and oxygen atoms in total. The Morgan fingerprint density at radius 1 is 1.26 bits per heavy atom. The SMILES string of the molecule is CC(C)(CN)CCCCN(CC(N)=O)C1CCCC1. The molecule has 0 aromatic carbocycles. The molecule has 0 saturated heterocycles. The van der Waals surface area contributed by atoms with E-state index < -0.39 is 0 Å². The average molecular weight is 269 g/mol. The Labute approximate surface area is 117 Å². The highest BCUT2D eigenvalue weighted by atomic mass is 16.1. The van der Waals surface area contributed by atoms with Gasteiger partial charge in [0.2, 0.25) is 5.91 Å². The lowest BCUT2D eigenvalue weighted by atomic mass is 9.87. The fraction of sp³-hybridized carbons (Fsp3) is 0.933. The number of nitrogens with two attached hydrogens (primary N) is 2. The standard InChI is InChI=1S/C15H31N3O/c1-15(2,12-16)9-5-6-10-18(11-14(17)19)13-7-3-4-8-13/h13H,3-12,16H2,1-2H3,(H2,17,19). The second kappa shape index (κ2) is 7.85. The maximum absolute atomic E-state index is 11.2. The van der Waals surface area contributed by atoms with Crippen molar-refractivity contribution in [1.29, 1.82) is 0 Å². The minimum Gasteiger partial charge on any atom is -0.369 e. The molecule has 4 heteroatoms. The number of rotatable bonds is 9. The van der Waals surface area contributed by atoms with Crippen LogP contribution in [0.2, 0.25) is 0 Å². The van der Waals surface area contributed by atoms with Gasteiger partial charge >= 0.3 is 0 Å². The minimum absolute atomic E-state index is 0.200. The zero-order valence-corrected chi connectivity index (χ0v) is 12.7. The van der Waals surface area contributed by atoms with E-state index in [9.17, 15) is 4.79 Å². The summed E-state index contributed by atoms with van der Waals surface area (Å²) in [6.07, 6.45) is 8.49. The van der Waals surface area contributed by atoms with Crippen molar-refractivity contribution in [2.24, 2.45) is 16.9 Å². The summed E-state index contributed by atoms with van der Waals surface area (Å²) < 4.78 is 0. The fourth-order valence-corrected chi connectivity index (χ4v) is 2.88. The summed E-state index contributed by atoms with van der Waals surface area (Å²) in [6.45, 7) is 6.58. The molecule has 0 heterocycles. The predicted molar refractivity (Wildman–Crippen MR) is 79.7 cm³/mol. The van der Waals surface area contributed by atoms with E-state index in [4.69, 9.17) is 11.5 Å². The summed E-state index contributed by atoms with van der Waals surface area (Å²) in [5.41, 5.74) is 11.3. The fourth-order valence-electron chi connectivity index (χ4n) is 2.88. The van der Waals surface area contributed by atoms with Crippen LogP contribution in [0, 0.1) is 5.41 Å². The Kier molecular flexibility index (Phi) is 6.80. The molecule has 0 aromatic heterocycles. The predicted octanol–water partition coefficient (Wildman–Crippen LogP) is 1.87. The molecular formula is C15H31N3O. The quantitative estimate of drug-likeness (QED) is 0.628. The van der Waals surface area contributed by atoms with Gasteiger partial charge in [0, 0.05) is 6.04 Å². The third-order valence-corrected chi connectivity index (χ3v) is 4.30. The van der Waals surface area contributed by atoms with Crippen LogP contribution >= 0.6 is 0 Å². The van der Waals surface area contributed by atoms with E-state index >= 15 is 0 Å². The van der Waals surface area contributed by atoms with Gasteiger partial charge in [-0.15, -0.1) is 0 Å². The molecular weight excluding hydrogens is 238 g/mol. The molecule has 4 N–H and O–H groups in total. The molecule has 19 heavy (non-hydrogen) atoms. The zero-order valence-electron chi connectivity index (χ0n) is 12.7. The Balaban J connectivity index is 2.30. The summed E-state index contributed by atoms with van der Waals surface area (Å²) >= 11 is 0. The molecule has 1 aliphatic rings. The van der Waals surface area contributed by atoms with Crippen LogP contribution in [0.25, 0.3) is 0 Å². The van der Waals surface area contributed by atoms with E-state index in [1.807, 2.05) is 0 Å². The van der Waals surface area contributed by atoms with Crippen LogP contribution in [0.5, 0.6) is 0 Å². The highest BCUT2D eigenvalue weighted by Gasteiger charge is 2.23. The lowest BCUT2D eigenvalue weighted by Gasteiger charge is -2.28. The van der Waals surface area contributed by atoms with E-state index in [0.29, 0.717) is 12.6 Å². The van der Waals surface area contributed by atoms with Crippen LogP contribution < -0.4 is 11.5 Å². The van der Waals surface area contributed by atoms with Gasteiger partial charge in [0.25, 0.3) is 0 Å². The summed E-state index contributed by atoms with van der Waals surface area (Å²) in [4.78, 5) is 13.5. The number of amides is 1. The van der Waals surface area contributed by atoms with Gasteiger partial charge in [0.1, 0.15) is 0 Å². The van der Waals surface area contributed by atoms with E-state index in [0.717, 1.165) is 25.9 Å². The zero-order chi connectivity index (χ0) is 14.3. The van der Waals surface area contributed by atoms with Gasteiger partial charge in [-0.25, -0.2) is 0 Å². The second-order valence-electron chi connectivity index (χ2n) is 6.70. The molecule has 0 atom stereocenters. The normalized spacial score (nSPS) is 17.3. The lowest BCUT2D eigenvalue weighted by molar-refractivity contribution is -0.119. The first-order chi connectivity index (χ1) is 8.94. The molecule has 0 radical (unpaired) electrons. The molecule has 1 rings (SSSR count). The number of hydrogen-bond donors (Lipinski definition) is 2. The first-order valence-corrected chi connectivity index (χ1v) is 7.67. The number of carbonyl (C=O) groups is 1. The summed E-state index contributed by atoms with van der Waals surface area (Å²) in [5, 5.41) is 0. The van der Waals surface area contributed by atoms with Gasteiger partial charge < -0.3 is 11.5 Å². The Hall–Kier alpha value is -0.610. The monoisotopic (exact) mass is 269 g/mol. The first-order valence-electron chi connectivity index (χ1n) is 7.67. The summed E-state index contributed by atoms with van der Waals surface area (Å²) in [5.74, 6) is -0.200. The molecule has 1 fully saturated rings. The van der Waals surface area contributed by atoms with Crippen molar-refractivity contribution in [3.05, 3.63) is 0 Å². The Bertz CT molecular complexity index is 273. The second-order valence-corrected chi connectivity index (χ2v) is 6.70. The molecule has 1 amide bonds. The van der Waals surface area contributed by atoms with Crippen molar-refractivity contribution in [3.63, 3.8) is 0 Å². The van der Waals surface area contributed by atoms with Crippen molar-refractivity contribution < 1.29 is 4.79 Å². The maximum atomic E-state index is 11.2. The molecule has 0 spiro atoms. The smallest absolute Gasteiger partial charge is 0.231 e. The first kappa shape index (κ1) is 16.4. The van der Waals surface area contributed by atoms with Crippen molar-refractivity contribution in [2.45, 2.75) is 64.8 Å². The molecule has 0 aliphatic heterocycles. The molecule has 1 saturated carbocycles. The van der Waals surface area contributed by atoms with E-state index in [-0.39, 0.29) is 11.3 Å². The molecule has 0 aromatic rings. The average Bonchev–Trinajstić information content (AvgIpc) is 2.86. The summed E-state index contributed by atoms with van der Waals surface area (Å²) in [6, 6.07) is 0.579. The molecule has 1 aliphatic carbocycles. The van der Waals surface area contributed by atoms with E-state index in [1.165, 1.54) is 32.1 Å². The van der Waals surface area contributed by atoms with Gasteiger partial charge in [-0.2, -0.15) is 0 Å². The Morgan fingerprint density at radius 2 is 1.89 bits per heavy atom. The van der Waals surface area contributed by atoms with Crippen molar-refractivity contribution in [3.8, 4) is 0 Å². The van der Waals surface area contributed by atoms with E-state index in [2.05, 4.69) is 18.7 Å². The summed E-state index contributed by atoms with van der Waals surface area (Å²) in [7, 11) is 0. The lowest BCUT2D eigenvalue weighted by Crippen LogP contribution is -2.40. The van der Waals surface area contributed by atoms with Crippen LogP contribution in [0.3, 0.4) is 0 Å². The number of carbonyl (C=O) groups excluding carboxylic acids is 1. The van der Waals surface area contributed by atoms with Crippen molar-refractivity contribution >= 4 is 5.91 Å². The largest absolute Gasteiger partial charge is 0.369 e. The minimum atomic E-state index is -0.200. The van der Waals surface area contributed by atoms with Crippen molar-refractivity contribution in [1.82, 2.24) is 4.90 Å². The van der Waals surface area contributed by atoms with Gasteiger partial charge in [0.05, 0.1) is 6.54 Å². The number of hydrogen-bond acceptors (Lipinski definition) is 3. The third-order valence-electron chi connectivity index (χ3n) is 4.30. The number of unbranched alkanes of at least 4 members (excludes halogenated alkanes) is 1. The maximum Gasteiger partial charge on any atom is 0.231 e. The Morgan fingerprint density at radius 3 is 2.42 bits per heavy atom. The van der Waals surface area contributed by atoms with E-state index in [1.54, 1.807) is 0 Å². The topological polar surface area (TPSA) is 72.3 Å². The van der Waals surface area contributed by atoms with Crippen LogP contribution in [0.4, 0.5) is 0 Å². The van der Waals surface area contributed by atoms with Crippen LogP contribution in [-0.2, 0) is 4.79 Å². The van der Waals surface area contributed by atoms with Crippen LogP contribution in [0.15, 0.2) is 0 Å². The van der Waals surface area contributed by atoms with Gasteiger partial charge in [-0.1, -0.05) is 33.1 Å². The molecule has 0 unspecified atom stereocenters. The molecule has 112 valence electrons. The highest BCUT2D eigenvalue weighted by molar-refractivity contribution is 5.75. The van der Waals surface area contributed by atoms with Gasteiger partial charge in [-0.3, -0.25) is 9.69 Å².